The topological polar surface area (TPSA) is 75.6 Å². The molecule has 5 nitrogen and oxygen atoms in total. The summed E-state index contributed by atoms with van der Waals surface area (Å²) in [6.45, 7) is 5.62. The Hall–Kier alpha value is -1.40. The number of benzene rings is 1. The Balaban J connectivity index is 2.89. The Morgan fingerprint density at radius 3 is 2.33 bits per heavy atom. The van der Waals surface area contributed by atoms with Crippen molar-refractivity contribution < 1.29 is 18.8 Å². The van der Waals surface area contributed by atoms with E-state index in [4.69, 9.17) is 9.84 Å². The highest BCUT2D eigenvalue weighted by atomic mass is 32.2. The van der Waals surface area contributed by atoms with Crippen LogP contribution in [0.25, 0.3) is 0 Å². The maximum atomic E-state index is 12.2. The number of ether oxygens (including phenoxy) is 1. The average Bonchev–Trinajstić information content (AvgIpc) is 2.42. The first kappa shape index (κ1) is 17.7. The number of hydrogen-bond donors (Lipinski definition) is 2. The molecule has 0 aromatic heterocycles. The third-order valence-corrected chi connectivity index (χ3v) is 4.58. The summed E-state index contributed by atoms with van der Waals surface area (Å²) in [5.74, 6) is -0.135. The predicted octanol–water partition coefficient (Wildman–Crippen LogP) is 2.65. The van der Waals surface area contributed by atoms with Crippen molar-refractivity contribution >= 4 is 17.0 Å². The Morgan fingerprint density at radius 2 is 1.90 bits per heavy atom. The smallest absolute Gasteiger partial charge is 0.303 e. The fourth-order valence-electron chi connectivity index (χ4n) is 1.70. The number of carboxylic acid groups (broad SMARTS) is 1. The molecular formula is C15H23NO4S. The monoisotopic (exact) mass is 313 g/mol. The summed E-state index contributed by atoms with van der Waals surface area (Å²) in [7, 11) is 0.323. The molecule has 0 spiro atoms. The molecule has 0 unspecified atom stereocenters. The summed E-state index contributed by atoms with van der Waals surface area (Å²) >= 11 is 0. The lowest BCUT2D eigenvalue weighted by atomic mass is 10.0. The van der Waals surface area contributed by atoms with Gasteiger partial charge < -0.3 is 9.84 Å². The van der Waals surface area contributed by atoms with Crippen LogP contribution in [0, 0.1) is 0 Å². The molecular weight excluding hydrogens is 290 g/mol. The van der Waals surface area contributed by atoms with Crippen LogP contribution in [0.15, 0.2) is 24.3 Å². The SMILES string of the molecule is COc1ccc([C@@H](CCC(=O)O)N[S@@](=O)C(C)(C)C)cc1. The van der Waals surface area contributed by atoms with Crippen molar-refractivity contribution in [2.45, 2.75) is 44.4 Å². The molecule has 21 heavy (non-hydrogen) atoms. The summed E-state index contributed by atoms with van der Waals surface area (Å²) in [5.41, 5.74) is 0.898. The highest BCUT2D eigenvalue weighted by Gasteiger charge is 2.24. The second-order valence-electron chi connectivity index (χ2n) is 5.76. The highest BCUT2D eigenvalue weighted by molar-refractivity contribution is 7.84. The van der Waals surface area contributed by atoms with E-state index in [0.29, 0.717) is 6.42 Å². The molecule has 0 aliphatic heterocycles. The summed E-state index contributed by atoms with van der Waals surface area (Å²) < 4.78 is 20.0. The van der Waals surface area contributed by atoms with Crippen LogP contribution in [-0.4, -0.2) is 27.1 Å². The van der Waals surface area contributed by atoms with Crippen molar-refractivity contribution in [3.05, 3.63) is 29.8 Å². The average molecular weight is 313 g/mol. The van der Waals surface area contributed by atoms with Crippen molar-refractivity contribution in [2.75, 3.05) is 7.11 Å². The van der Waals surface area contributed by atoms with Crippen LogP contribution in [0.3, 0.4) is 0 Å². The molecule has 2 atom stereocenters. The zero-order chi connectivity index (χ0) is 16.0. The Morgan fingerprint density at radius 1 is 1.33 bits per heavy atom. The number of rotatable bonds is 7. The molecule has 0 fully saturated rings. The Bertz CT molecular complexity index is 493. The van der Waals surface area contributed by atoms with Crippen molar-refractivity contribution in [3.63, 3.8) is 0 Å². The fraction of sp³-hybridized carbons (Fsp3) is 0.533. The molecule has 2 N–H and O–H groups in total. The van der Waals surface area contributed by atoms with Crippen LogP contribution >= 0.6 is 0 Å². The first-order chi connectivity index (χ1) is 9.74. The van der Waals surface area contributed by atoms with Crippen molar-refractivity contribution in [2.24, 2.45) is 0 Å². The molecule has 6 heteroatoms. The van der Waals surface area contributed by atoms with Gasteiger partial charge in [0.05, 0.1) is 22.8 Å². The maximum Gasteiger partial charge on any atom is 0.303 e. The van der Waals surface area contributed by atoms with Crippen LogP contribution in [-0.2, 0) is 15.8 Å². The minimum atomic E-state index is -1.26. The van der Waals surface area contributed by atoms with Gasteiger partial charge in [0.1, 0.15) is 5.75 Å². The normalized spacial score (nSPS) is 14.5. The van der Waals surface area contributed by atoms with E-state index < -0.39 is 21.7 Å². The molecule has 1 aromatic rings. The van der Waals surface area contributed by atoms with Crippen molar-refractivity contribution in [3.8, 4) is 5.75 Å². The lowest BCUT2D eigenvalue weighted by Gasteiger charge is -2.24. The Labute approximate surface area is 128 Å². The molecule has 0 radical (unpaired) electrons. The minimum absolute atomic E-state index is 0.0189. The van der Waals surface area contributed by atoms with E-state index >= 15 is 0 Å². The van der Waals surface area contributed by atoms with Crippen LogP contribution < -0.4 is 9.46 Å². The van der Waals surface area contributed by atoms with Crippen molar-refractivity contribution in [1.82, 2.24) is 4.72 Å². The summed E-state index contributed by atoms with van der Waals surface area (Å²) in [6, 6.07) is 7.07. The molecule has 0 aliphatic rings. The standard InChI is InChI=1S/C15H23NO4S/c1-15(2,3)21(19)16-13(9-10-14(17)18)11-5-7-12(20-4)8-6-11/h5-8,13,16H,9-10H2,1-4H3,(H,17,18)/t13-,21+/m1/s1. The summed E-state index contributed by atoms with van der Waals surface area (Å²) in [5, 5.41) is 8.86. The van der Waals surface area contributed by atoms with Gasteiger partial charge in [0.15, 0.2) is 0 Å². The summed E-state index contributed by atoms with van der Waals surface area (Å²) in [6.07, 6.45) is 0.397. The van der Waals surface area contributed by atoms with E-state index in [0.717, 1.165) is 11.3 Å². The molecule has 0 amide bonds. The van der Waals surface area contributed by atoms with E-state index in [9.17, 15) is 9.00 Å². The highest BCUT2D eigenvalue weighted by Crippen LogP contribution is 2.23. The fourth-order valence-corrected chi connectivity index (χ4v) is 2.57. The predicted molar refractivity (Wildman–Crippen MR) is 83.6 cm³/mol. The van der Waals surface area contributed by atoms with Gasteiger partial charge in [0.2, 0.25) is 0 Å². The van der Waals surface area contributed by atoms with E-state index in [1.54, 1.807) is 7.11 Å². The molecule has 0 saturated heterocycles. The first-order valence-electron chi connectivity index (χ1n) is 6.78. The van der Waals surface area contributed by atoms with Crippen molar-refractivity contribution in [1.29, 1.82) is 0 Å². The van der Waals surface area contributed by atoms with Gasteiger partial charge in [-0.25, -0.2) is 8.93 Å². The number of hydrogen-bond acceptors (Lipinski definition) is 3. The van der Waals surface area contributed by atoms with E-state index in [-0.39, 0.29) is 12.5 Å². The number of aliphatic carboxylic acids is 1. The number of carboxylic acids is 1. The first-order valence-corrected chi connectivity index (χ1v) is 7.93. The molecule has 0 heterocycles. The van der Waals surface area contributed by atoms with Crippen LogP contribution in [0.5, 0.6) is 5.75 Å². The molecule has 0 saturated carbocycles. The molecule has 1 rings (SSSR count). The van der Waals surface area contributed by atoms with Gasteiger partial charge in [-0.1, -0.05) is 12.1 Å². The van der Waals surface area contributed by atoms with E-state index in [2.05, 4.69) is 4.72 Å². The zero-order valence-electron chi connectivity index (χ0n) is 12.9. The largest absolute Gasteiger partial charge is 0.497 e. The lowest BCUT2D eigenvalue weighted by Crippen LogP contribution is -2.36. The number of nitrogens with one attached hydrogen (secondary N) is 1. The third kappa shape index (κ3) is 5.85. The quantitative estimate of drug-likeness (QED) is 0.811. The van der Waals surface area contributed by atoms with Gasteiger partial charge in [0, 0.05) is 12.5 Å². The maximum absolute atomic E-state index is 12.2. The molecule has 118 valence electrons. The zero-order valence-corrected chi connectivity index (χ0v) is 13.7. The van der Waals surface area contributed by atoms with Gasteiger partial charge >= 0.3 is 5.97 Å². The van der Waals surface area contributed by atoms with E-state index in [1.165, 1.54) is 0 Å². The van der Waals surface area contributed by atoms with Gasteiger partial charge in [-0.2, -0.15) is 0 Å². The number of carbonyl (C=O) groups is 1. The van der Waals surface area contributed by atoms with Gasteiger partial charge in [-0.05, 0) is 44.9 Å². The van der Waals surface area contributed by atoms with Crippen LogP contribution in [0.2, 0.25) is 0 Å². The lowest BCUT2D eigenvalue weighted by molar-refractivity contribution is -0.137. The molecule has 0 bridgehead atoms. The summed E-state index contributed by atoms with van der Waals surface area (Å²) in [4.78, 5) is 10.8. The molecule has 0 aliphatic carbocycles. The second kappa shape index (κ2) is 7.56. The minimum Gasteiger partial charge on any atom is -0.497 e. The van der Waals surface area contributed by atoms with Gasteiger partial charge in [0.25, 0.3) is 0 Å². The third-order valence-electron chi connectivity index (χ3n) is 2.97. The van der Waals surface area contributed by atoms with Crippen LogP contribution in [0.4, 0.5) is 0 Å². The Kier molecular flexibility index (Phi) is 6.36. The van der Waals surface area contributed by atoms with Gasteiger partial charge in [-0.15, -0.1) is 0 Å². The number of methoxy groups -OCH3 is 1. The molecule has 1 aromatic carbocycles. The van der Waals surface area contributed by atoms with Crippen LogP contribution in [0.1, 0.15) is 45.2 Å². The van der Waals surface area contributed by atoms with Gasteiger partial charge in [-0.3, -0.25) is 4.79 Å². The van der Waals surface area contributed by atoms with E-state index in [1.807, 2.05) is 45.0 Å². The second-order valence-corrected chi connectivity index (χ2v) is 7.76.